The summed E-state index contributed by atoms with van der Waals surface area (Å²) in [6.45, 7) is 11.5. The highest BCUT2D eigenvalue weighted by Gasteiger charge is 2.33. The third-order valence-electron chi connectivity index (χ3n) is 8.30. The summed E-state index contributed by atoms with van der Waals surface area (Å²) in [7, 11) is 0. The van der Waals surface area contributed by atoms with Gasteiger partial charge in [0.25, 0.3) is 11.5 Å². The lowest BCUT2D eigenvalue weighted by molar-refractivity contribution is -0.117. The number of imidazole rings is 1. The Bertz CT molecular complexity index is 1820. The molecule has 0 fully saturated rings. The minimum Gasteiger partial charge on any atom is -0.384 e. The number of hydrogen-bond acceptors (Lipinski definition) is 4. The third kappa shape index (κ3) is 4.26. The molecule has 2 atom stereocenters. The average molecular weight is 534 g/mol. The van der Waals surface area contributed by atoms with Crippen LogP contribution in [0.5, 0.6) is 0 Å². The number of fused-ring (bicyclic) bond motifs is 2. The van der Waals surface area contributed by atoms with Gasteiger partial charge in [0.1, 0.15) is 5.35 Å². The van der Waals surface area contributed by atoms with Crippen LogP contribution in [0.3, 0.4) is 0 Å². The second-order valence-electron chi connectivity index (χ2n) is 11.0. The number of hydrogen-bond donors (Lipinski definition) is 3. The fourth-order valence-electron chi connectivity index (χ4n) is 6.30. The first kappa shape index (κ1) is 25.9. The molecule has 0 spiro atoms. The van der Waals surface area contributed by atoms with Gasteiger partial charge in [-0.3, -0.25) is 14.2 Å². The Hall–Kier alpha value is -4.39. The Morgan fingerprint density at radius 3 is 2.60 bits per heavy atom. The number of amides is 1. The molecular formula is C33H35N5O2. The predicted octanol–water partition coefficient (Wildman–Crippen LogP) is 3.93. The molecule has 0 saturated heterocycles. The van der Waals surface area contributed by atoms with Gasteiger partial charge in [0.15, 0.2) is 0 Å². The zero-order valence-electron chi connectivity index (χ0n) is 23.7. The molecule has 3 N–H and O–H groups in total. The Morgan fingerprint density at radius 1 is 1.10 bits per heavy atom. The van der Waals surface area contributed by atoms with Gasteiger partial charge in [-0.15, -0.1) is 0 Å². The normalized spacial score (nSPS) is 20.2. The SMILES string of the molecule is CCNC(=O)C1=C(C)N=c2[nH]/c(=C/C3=C(C)C(c4ccc(C)cc4)C(C)=C3)c(=O)n2C1c1ccc2c(c1)NCC2. The van der Waals surface area contributed by atoms with Crippen molar-refractivity contribution in [2.24, 2.45) is 4.99 Å². The lowest BCUT2D eigenvalue weighted by Crippen LogP contribution is -2.41. The Morgan fingerprint density at radius 2 is 1.85 bits per heavy atom. The molecule has 7 nitrogen and oxygen atoms in total. The maximum absolute atomic E-state index is 14.1. The zero-order chi connectivity index (χ0) is 28.1. The van der Waals surface area contributed by atoms with Crippen molar-refractivity contribution in [1.82, 2.24) is 14.9 Å². The minimum absolute atomic E-state index is 0.184. The molecule has 1 aromatic heterocycles. The highest BCUT2D eigenvalue weighted by Crippen LogP contribution is 2.40. The number of aromatic amines is 1. The highest BCUT2D eigenvalue weighted by atomic mass is 16.2. The summed E-state index contributed by atoms with van der Waals surface area (Å²) in [6, 6.07) is 14.2. The van der Waals surface area contributed by atoms with Crippen molar-refractivity contribution < 1.29 is 4.79 Å². The van der Waals surface area contributed by atoms with Gasteiger partial charge in [-0.05, 0) is 75.4 Å². The Kier molecular flexibility index (Phi) is 6.45. The second kappa shape index (κ2) is 9.97. The molecule has 204 valence electrons. The van der Waals surface area contributed by atoms with Crippen molar-refractivity contribution in [1.29, 1.82) is 0 Å². The first-order chi connectivity index (χ1) is 19.3. The van der Waals surface area contributed by atoms with E-state index in [1.165, 1.54) is 27.8 Å². The summed E-state index contributed by atoms with van der Waals surface area (Å²) >= 11 is 0. The standard InChI is InChI=1S/C33H35N5O2/c1-6-34-31(39)29-21(5)36-33-37-27(17-25-15-19(3)28(20(25)4)23-9-7-18(2)8-10-23)32(40)38(33)30(29)24-12-11-22-13-14-35-26(22)16-24/h7-12,15-17,28,30,35H,6,13-14H2,1-5H3,(H,34,39)(H,36,37)/b27-17+. The molecule has 2 unspecified atom stereocenters. The molecule has 6 rings (SSSR count). The fourth-order valence-corrected chi connectivity index (χ4v) is 6.30. The highest BCUT2D eigenvalue weighted by molar-refractivity contribution is 5.96. The largest absolute Gasteiger partial charge is 0.384 e. The van der Waals surface area contributed by atoms with E-state index in [4.69, 9.17) is 4.99 Å². The molecule has 0 bridgehead atoms. The van der Waals surface area contributed by atoms with E-state index in [1.54, 1.807) is 4.57 Å². The summed E-state index contributed by atoms with van der Waals surface area (Å²) in [5.41, 5.74) is 10.5. The summed E-state index contributed by atoms with van der Waals surface area (Å²) in [4.78, 5) is 35.3. The first-order valence-corrected chi connectivity index (χ1v) is 14.0. The van der Waals surface area contributed by atoms with Crippen LogP contribution in [0, 0.1) is 6.92 Å². The van der Waals surface area contributed by atoms with Crippen LogP contribution in [0.2, 0.25) is 0 Å². The van der Waals surface area contributed by atoms with Gasteiger partial charge in [0, 0.05) is 24.7 Å². The van der Waals surface area contributed by atoms with Crippen molar-refractivity contribution in [2.75, 3.05) is 18.4 Å². The van der Waals surface area contributed by atoms with Gasteiger partial charge in [0.2, 0.25) is 5.62 Å². The quantitative estimate of drug-likeness (QED) is 0.464. The number of benzene rings is 2. The molecule has 1 aliphatic carbocycles. The number of carbonyl (C=O) groups excluding carboxylic acids is 1. The number of aromatic nitrogens is 2. The van der Waals surface area contributed by atoms with Crippen molar-refractivity contribution >= 4 is 17.7 Å². The molecule has 3 aromatic rings. The van der Waals surface area contributed by atoms with Crippen molar-refractivity contribution in [3.05, 3.63) is 120 Å². The minimum atomic E-state index is -0.589. The van der Waals surface area contributed by atoms with E-state index in [1.807, 2.05) is 26.0 Å². The van der Waals surface area contributed by atoms with Crippen LogP contribution >= 0.6 is 0 Å². The molecule has 0 saturated carbocycles. The number of nitrogens with one attached hydrogen (secondary N) is 3. The van der Waals surface area contributed by atoms with Gasteiger partial charge < -0.3 is 15.6 Å². The van der Waals surface area contributed by atoms with Crippen molar-refractivity contribution in [3.63, 3.8) is 0 Å². The van der Waals surface area contributed by atoms with Crippen LogP contribution in [-0.2, 0) is 11.2 Å². The first-order valence-electron chi connectivity index (χ1n) is 14.0. The molecule has 3 heterocycles. The molecule has 7 heteroatoms. The molecule has 2 aromatic carbocycles. The van der Waals surface area contributed by atoms with E-state index >= 15 is 0 Å². The summed E-state index contributed by atoms with van der Waals surface area (Å²) in [5, 5.41) is 6.81. The summed E-state index contributed by atoms with van der Waals surface area (Å²) < 4.78 is 1.64. The number of allylic oxidation sites excluding steroid dienone is 5. The monoisotopic (exact) mass is 533 g/mol. The topological polar surface area (TPSA) is 91.3 Å². The van der Waals surface area contributed by atoms with Crippen molar-refractivity contribution in [2.45, 2.75) is 53.0 Å². The Labute approximate surface area is 233 Å². The smallest absolute Gasteiger partial charge is 0.277 e. The number of nitrogens with zero attached hydrogens (tertiary/aromatic N) is 2. The average Bonchev–Trinajstić information content (AvgIpc) is 3.59. The van der Waals surface area contributed by atoms with Gasteiger partial charge >= 0.3 is 0 Å². The van der Waals surface area contributed by atoms with E-state index in [0.717, 1.165) is 29.8 Å². The maximum atomic E-state index is 14.1. The molecule has 0 radical (unpaired) electrons. The van der Waals surface area contributed by atoms with Gasteiger partial charge in [-0.1, -0.05) is 59.2 Å². The molecule has 3 aliphatic rings. The second-order valence-corrected chi connectivity index (χ2v) is 11.0. The number of anilines is 1. The number of likely N-dealkylation sites (N-methyl/N-ethyl adjacent to an activating group) is 1. The van der Waals surface area contributed by atoms with Crippen LogP contribution < -0.4 is 27.2 Å². The molecule has 40 heavy (non-hydrogen) atoms. The van der Waals surface area contributed by atoms with Crippen LogP contribution in [0.15, 0.2) is 86.3 Å². The number of aryl methyl sites for hydroxylation is 1. The van der Waals surface area contributed by atoms with Crippen LogP contribution in [0.25, 0.3) is 6.08 Å². The van der Waals surface area contributed by atoms with Crippen LogP contribution in [-0.4, -0.2) is 28.5 Å². The van der Waals surface area contributed by atoms with Crippen molar-refractivity contribution in [3.8, 4) is 0 Å². The molecule has 1 amide bonds. The lowest BCUT2D eigenvalue weighted by atomic mass is 9.89. The number of carbonyl (C=O) groups is 1. The van der Waals surface area contributed by atoms with Gasteiger partial charge in [0.05, 0.1) is 17.3 Å². The summed E-state index contributed by atoms with van der Waals surface area (Å²) in [5.74, 6) is -0.0240. The summed E-state index contributed by atoms with van der Waals surface area (Å²) in [6.07, 6.45) is 5.06. The molecule has 2 aliphatic heterocycles. The van der Waals surface area contributed by atoms with E-state index in [2.05, 4.69) is 78.9 Å². The van der Waals surface area contributed by atoms with Crippen LogP contribution in [0.4, 0.5) is 5.69 Å². The Balaban J connectivity index is 1.50. The predicted molar refractivity (Wildman–Crippen MR) is 159 cm³/mol. The lowest BCUT2D eigenvalue weighted by Gasteiger charge is -2.25. The van der Waals surface area contributed by atoms with E-state index in [-0.39, 0.29) is 17.4 Å². The van der Waals surface area contributed by atoms with Crippen LogP contribution in [0.1, 0.15) is 61.9 Å². The van der Waals surface area contributed by atoms with E-state index < -0.39 is 6.04 Å². The van der Waals surface area contributed by atoms with E-state index in [0.29, 0.717) is 28.8 Å². The van der Waals surface area contributed by atoms with Gasteiger partial charge in [-0.2, -0.15) is 0 Å². The van der Waals surface area contributed by atoms with E-state index in [9.17, 15) is 9.59 Å². The fraction of sp³-hybridized carbons (Fsp3) is 0.303. The molecular weight excluding hydrogens is 498 g/mol. The number of H-pyrrole nitrogens is 1. The third-order valence-corrected chi connectivity index (χ3v) is 8.30. The number of rotatable bonds is 5. The van der Waals surface area contributed by atoms with Gasteiger partial charge in [-0.25, -0.2) is 4.99 Å². The zero-order valence-corrected chi connectivity index (χ0v) is 23.7. The maximum Gasteiger partial charge on any atom is 0.277 e.